The van der Waals surface area contributed by atoms with Crippen molar-refractivity contribution >= 4 is 8.07 Å². The standard InChI is InChI=1S/C15H31NSi/c1-4-14-17(5-2,6-3)15-10-13-16-11-8-7-9-12-16/h10,15H,4-9,11-14H2,1-3H3. The molecule has 0 aliphatic carbocycles. The second-order valence-electron chi connectivity index (χ2n) is 5.58. The Morgan fingerprint density at radius 2 is 1.65 bits per heavy atom. The van der Waals surface area contributed by atoms with Crippen molar-refractivity contribution in [1.82, 2.24) is 4.90 Å². The lowest BCUT2D eigenvalue weighted by atomic mass is 10.1. The van der Waals surface area contributed by atoms with Crippen LogP contribution < -0.4 is 0 Å². The monoisotopic (exact) mass is 253 g/mol. The van der Waals surface area contributed by atoms with Crippen molar-refractivity contribution < 1.29 is 0 Å². The molecule has 0 spiro atoms. The van der Waals surface area contributed by atoms with E-state index in [-0.39, 0.29) is 0 Å². The third-order valence-corrected chi connectivity index (χ3v) is 9.69. The summed E-state index contributed by atoms with van der Waals surface area (Å²) in [7, 11) is -1.04. The number of hydrogen-bond acceptors (Lipinski definition) is 1. The van der Waals surface area contributed by atoms with E-state index < -0.39 is 8.07 Å². The van der Waals surface area contributed by atoms with Gasteiger partial charge in [0.2, 0.25) is 0 Å². The summed E-state index contributed by atoms with van der Waals surface area (Å²) in [4.78, 5) is 2.62. The summed E-state index contributed by atoms with van der Waals surface area (Å²) >= 11 is 0. The van der Waals surface area contributed by atoms with Crippen LogP contribution in [-0.4, -0.2) is 32.6 Å². The highest BCUT2D eigenvalue weighted by molar-refractivity contribution is 6.84. The van der Waals surface area contributed by atoms with E-state index in [1.54, 1.807) is 0 Å². The van der Waals surface area contributed by atoms with Crippen LogP contribution in [-0.2, 0) is 0 Å². The zero-order chi connectivity index (χ0) is 12.6. The fourth-order valence-corrected chi connectivity index (χ4v) is 6.46. The first-order chi connectivity index (χ1) is 8.26. The molecule has 0 amide bonds. The highest BCUT2D eigenvalue weighted by Gasteiger charge is 2.24. The predicted molar refractivity (Wildman–Crippen MR) is 81.2 cm³/mol. The van der Waals surface area contributed by atoms with Crippen molar-refractivity contribution in [2.45, 2.75) is 64.6 Å². The molecule has 2 heteroatoms. The predicted octanol–water partition coefficient (Wildman–Crippen LogP) is 4.47. The summed E-state index contributed by atoms with van der Waals surface area (Å²) in [5.41, 5.74) is 2.66. The molecule has 0 aromatic carbocycles. The molecule has 1 fully saturated rings. The number of rotatable bonds is 7. The van der Waals surface area contributed by atoms with Crippen LogP contribution in [0.15, 0.2) is 11.8 Å². The first-order valence-corrected chi connectivity index (χ1v) is 10.4. The van der Waals surface area contributed by atoms with Gasteiger partial charge in [0, 0.05) is 6.54 Å². The Kier molecular flexibility index (Phi) is 7.13. The summed E-state index contributed by atoms with van der Waals surface area (Å²) in [6.45, 7) is 11.0. The van der Waals surface area contributed by atoms with Gasteiger partial charge in [-0.25, -0.2) is 0 Å². The molecule has 100 valence electrons. The lowest BCUT2D eigenvalue weighted by molar-refractivity contribution is 0.251. The number of nitrogens with zero attached hydrogens (tertiary/aromatic N) is 1. The minimum Gasteiger partial charge on any atom is -0.300 e. The van der Waals surface area contributed by atoms with Gasteiger partial charge < -0.3 is 0 Å². The molecule has 0 unspecified atom stereocenters. The largest absolute Gasteiger partial charge is 0.300 e. The maximum Gasteiger partial charge on any atom is 0.0769 e. The van der Waals surface area contributed by atoms with Crippen LogP contribution in [0.3, 0.4) is 0 Å². The van der Waals surface area contributed by atoms with Gasteiger partial charge in [0.1, 0.15) is 0 Å². The van der Waals surface area contributed by atoms with Gasteiger partial charge in [0.25, 0.3) is 0 Å². The van der Waals surface area contributed by atoms with Crippen molar-refractivity contribution in [2.75, 3.05) is 19.6 Å². The molecule has 0 aromatic rings. The van der Waals surface area contributed by atoms with Gasteiger partial charge in [0.15, 0.2) is 0 Å². The Labute approximate surface area is 109 Å². The Morgan fingerprint density at radius 3 is 2.18 bits per heavy atom. The van der Waals surface area contributed by atoms with Gasteiger partial charge in [-0.3, -0.25) is 4.90 Å². The average Bonchev–Trinajstić information content (AvgIpc) is 2.39. The molecule has 0 bridgehead atoms. The van der Waals surface area contributed by atoms with Gasteiger partial charge in [-0.15, -0.1) is 0 Å². The summed E-state index contributed by atoms with van der Waals surface area (Å²) in [6.07, 6.45) is 8.13. The SMILES string of the molecule is CCC[Si](C=CCN1CCCCC1)(CC)CC. The molecule has 1 saturated heterocycles. The second kappa shape index (κ2) is 8.10. The highest BCUT2D eigenvalue weighted by atomic mass is 28.3. The summed E-state index contributed by atoms with van der Waals surface area (Å²) in [5.74, 6) is 0. The molecule has 0 saturated carbocycles. The van der Waals surface area contributed by atoms with Gasteiger partial charge in [-0.1, -0.05) is 63.5 Å². The number of likely N-dealkylation sites (tertiary alicyclic amines) is 1. The maximum absolute atomic E-state index is 2.66. The molecule has 1 aliphatic rings. The first kappa shape index (κ1) is 15.0. The molecular weight excluding hydrogens is 222 g/mol. The molecular formula is C15H31NSi. The number of piperidine rings is 1. The van der Waals surface area contributed by atoms with E-state index in [1.807, 2.05) is 0 Å². The van der Waals surface area contributed by atoms with Gasteiger partial charge in [0.05, 0.1) is 8.07 Å². The topological polar surface area (TPSA) is 3.24 Å². The molecule has 1 rings (SSSR count). The lowest BCUT2D eigenvalue weighted by Crippen LogP contribution is -2.32. The molecule has 0 radical (unpaired) electrons. The van der Waals surface area contributed by atoms with Crippen LogP contribution >= 0.6 is 0 Å². The summed E-state index contributed by atoms with van der Waals surface area (Å²) in [5, 5.41) is 0. The highest BCUT2D eigenvalue weighted by Crippen LogP contribution is 2.23. The normalized spacial score (nSPS) is 19.0. The number of hydrogen-bond donors (Lipinski definition) is 0. The molecule has 0 N–H and O–H groups in total. The Morgan fingerprint density at radius 1 is 1.00 bits per heavy atom. The van der Waals surface area contributed by atoms with Crippen molar-refractivity contribution in [3.63, 3.8) is 0 Å². The lowest BCUT2D eigenvalue weighted by Gasteiger charge is -2.27. The quantitative estimate of drug-likeness (QED) is 0.605. The van der Waals surface area contributed by atoms with Crippen molar-refractivity contribution in [1.29, 1.82) is 0 Å². The third kappa shape index (κ3) is 4.97. The van der Waals surface area contributed by atoms with E-state index in [0.717, 1.165) is 0 Å². The summed E-state index contributed by atoms with van der Waals surface area (Å²) < 4.78 is 0. The van der Waals surface area contributed by atoms with Crippen LogP contribution in [0, 0.1) is 0 Å². The van der Waals surface area contributed by atoms with Gasteiger partial charge >= 0.3 is 0 Å². The third-order valence-electron chi connectivity index (χ3n) is 4.44. The van der Waals surface area contributed by atoms with Crippen LogP contribution in [0.2, 0.25) is 18.1 Å². The molecule has 1 aliphatic heterocycles. The minimum absolute atomic E-state index is 1.04. The van der Waals surface area contributed by atoms with Gasteiger partial charge in [-0.2, -0.15) is 0 Å². The molecule has 17 heavy (non-hydrogen) atoms. The van der Waals surface area contributed by atoms with Crippen LogP contribution in [0.25, 0.3) is 0 Å². The zero-order valence-corrected chi connectivity index (χ0v) is 13.2. The van der Waals surface area contributed by atoms with Crippen LogP contribution in [0.5, 0.6) is 0 Å². The molecule has 0 atom stereocenters. The Balaban J connectivity index is 2.42. The Hall–Kier alpha value is -0.0831. The van der Waals surface area contributed by atoms with Gasteiger partial charge in [-0.05, 0) is 25.9 Å². The summed E-state index contributed by atoms with van der Waals surface area (Å²) in [6, 6.07) is 4.33. The zero-order valence-electron chi connectivity index (χ0n) is 12.2. The van der Waals surface area contributed by atoms with Crippen molar-refractivity contribution in [3.05, 3.63) is 11.8 Å². The Bertz CT molecular complexity index is 215. The van der Waals surface area contributed by atoms with Crippen molar-refractivity contribution in [3.8, 4) is 0 Å². The van der Waals surface area contributed by atoms with E-state index >= 15 is 0 Å². The molecule has 1 heterocycles. The average molecular weight is 254 g/mol. The smallest absolute Gasteiger partial charge is 0.0769 e. The maximum atomic E-state index is 2.66. The van der Waals surface area contributed by atoms with E-state index in [4.69, 9.17) is 0 Å². The van der Waals surface area contributed by atoms with E-state index in [1.165, 1.54) is 63.4 Å². The molecule has 1 nitrogen and oxygen atoms in total. The van der Waals surface area contributed by atoms with E-state index in [2.05, 4.69) is 37.4 Å². The van der Waals surface area contributed by atoms with Crippen molar-refractivity contribution in [2.24, 2.45) is 0 Å². The molecule has 0 aromatic heterocycles. The fourth-order valence-electron chi connectivity index (χ4n) is 3.01. The first-order valence-electron chi connectivity index (χ1n) is 7.66. The van der Waals surface area contributed by atoms with Crippen LogP contribution in [0.4, 0.5) is 0 Å². The second-order valence-corrected chi connectivity index (χ2v) is 10.6. The van der Waals surface area contributed by atoms with E-state index in [0.29, 0.717) is 0 Å². The van der Waals surface area contributed by atoms with E-state index in [9.17, 15) is 0 Å². The fraction of sp³-hybridized carbons (Fsp3) is 0.867. The minimum atomic E-state index is -1.04. The van der Waals surface area contributed by atoms with Crippen LogP contribution in [0.1, 0.15) is 46.5 Å².